The van der Waals surface area contributed by atoms with E-state index in [2.05, 4.69) is 9.72 Å². The Morgan fingerprint density at radius 3 is 2.33 bits per heavy atom. The molecule has 1 aromatic heterocycles. The second-order valence-corrected chi connectivity index (χ2v) is 5.76. The molecule has 0 aliphatic rings. The second-order valence-electron chi connectivity index (χ2n) is 5.76. The van der Waals surface area contributed by atoms with Crippen LogP contribution in [0.2, 0.25) is 0 Å². The quantitative estimate of drug-likeness (QED) is 0.645. The van der Waals surface area contributed by atoms with Crippen LogP contribution >= 0.6 is 0 Å². The lowest BCUT2D eigenvalue weighted by atomic mass is 10.1. The maximum Gasteiger partial charge on any atom is 0.337 e. The molecule has 27 heavy (non-hydrogen) atoms. The van der Waals surface area contributed by atoms with Crippen LogP contribution in [0.25, 0.3) is 0 Å². The number of esters is 1. The number of carbonyl (C=O) groups is 2. The van der Waals surface area contributed by atoms with Crippen molar-refractivity contribution in [3.8, 4) is 0 Å². The Balaban J connectivity index is 1.95. The van der Waals surface area contributed by atoms with Crippen molar-refractivity contribution >= 4 is 17.6 Å². The molecule has 6 heteroatoms. The SMILES string of the molecule is COC(=O)c1ccc(CN(C(=O)c2ccncc2)c2ccccc2)c(F)c1. The van der Waals surface area contributed by atoms with E-state index >= 15 is 0 Å². The minimum Gasteiger partial charge on any atom is -0.465 e. The zero-order valence-electron chi connectivity index (χ0n) is 14.6. The Labute approximate surface area is 156 Å². The fourth-order valence-corrected chi connectivity index (χ4v) is 2.63. The average molecular weight is 364 g/mol. The highest BCUT2D eigenvalue weighted by Gasteiger charge is 2.20. The van der Waals surface area contributed by atoms with Crippen molar-refractivity contribution in [2.45, 2.75) is 6.54 Å². The molecule has 3 rings (SSSR count). The molecule has 136 valence electrons. The molecule has 0 aliphatic heterocycles. The van der Waals surface area contributed by atoms with Gasteiger partial charge in [0.15, 0.2) is 0 Å². The van der Waals surface area contributed by atoms with Gasteiger partial charge in [-0.15, -0.1) is 0 Å². The standard InChI is InChI=1S/C21H17FN2O3/c1-27-21(26)16-7-8-17(19(22)13-16)14-24(18-5-3-2-4-6-18)20(25)15-9-11-23-12-10-15/h2-13H,14H2,1H3. The van der Waals surface area contributed by atoms with Gasteiger partial charge in [0.25, 0.3) is 5.91 Å². The van der Waals surface area contributed by atoms with E-state index in [4.69, 9.17) is 0 Å². The van der Waals surface area contributed by atoms with E-state index in [0.29, 0.717) is 11.3 Å². The molecule has 0 fully saturated rings. The Morgan fingerprint density at radius 2 is 1.70 bits per heavy atom. The molecule has 3 aromatic rings. The lowest BCUT2D eigenvalue weighted by Crippen LogP contribution is -2.30. The number of aromatic nitrogens is 1. The first-order valence-electron chi connectivity index (χ1n) is 8.24. The summed E-state index contributed by atoms with van der Waals surface area (Å²) in [6, 6.07) is 16.3. The van der Waals surface area contributed by atoms with Crippen molar-refractivity contribution in [2.24, 2.45) is 0 Å². The summed E-state index contributed by atoms with van der Waals surface area (Å²) in [7, 11) is 1.23. The molecule has 1 heterocycles. The summed E-state index contributed by atoms with van der Waals surface area (Å²) >= 11 is 0. The predicted molar refractivity (Wildman–Crippen MR) is 98.9 cm³/mol. The summed E-state index contributed by atoms with van der Waals surface area (Å²) in [5, 5.41) is 0. The lowest BCUT2D eigenvalue weighted by molar-refractivity contribution is 0.0600. The number of hydrogen-bond acceptors (Lipinski definition) is 4. The number of nitrogens with zero attached hydrogens (tertiary/aromatic N) is 2. The third-order valence-corrected chi connectivity index (χ3v) is 4.04. The van der Waals surface area contributed by atoms with Crippen LogP contribution in [0.3, 0.4) is 0 Å². The number of carbonyl (C=O) groups excluding carboxylic acids is 2. The Hall–Kier alpha value is -3.54. The van der Waals surface area contributed by atoms with Crippen LogP contribution in [0.1, 0.15) is 26.3 Å². The van der Waals surface area contributed by atoms with E-state index in [1.165, 1.54) is 36.5 Å². The van der Waals surface area contributed by atoms with Crippen LogP contribution in [0, 0.1) is 5.82 Å². The predicted octanol–water partition coefficient (Wildman–Crippen LogP) is 3.85. The summed E-state index contributed by atoms with van der Waals surface area (Å²) in [5.41, 5.74) is 1.48. The van der Waals surface area contributed by atoms with Crippen LogP contribution in [-0.4, -0.2) is 24.0 Å². The Bertz CT molecular complexity index is 946. The largest absolute Gasteiger partial charge is 0.465 e. The topological polar surface area (TPSA) is 59.5 Å². The van der Waals surface area contributed by atoms with Crippen molar-refractivity contribution in [1.29, 1.82) is 0 Å². The normalized spacial score (nSPS) is 10.3. The summed E-state index contributed by atoms with van der Waals surface area (Å²) < 4.78 is 19.1. The number of anilines is 1. The molecule has 2 aromatic carbocycles. The second kappa shape index (κ2) is 8.23. The first kappa shape index (κ1) is 18.3. The van der Waals surface area contributed by atoms with Crippen LogP contribution in [0.5, 0.6) is 0 Å². The van der Waals surface area contributed by atoms with Crippen LogP contribution < -0.4 is 4.90 Å². The minimum atomic E-state index is -0.617. The average Bonchev–Trinajstić information content (AvgIpc) is 2.73. The van der Waals surface area contributed by atoms with Crippen LogP contribution in [0.15, 0.2) is 73.1 Å². The fourth-order valence-electron chi connectivity index (χ4n) is 2.63. The first-order chi connectivity index (χ1) is 13.1. The van der Waals surface area contributed by atoms with E-state index in [-0.39, 0.29) is 23.6 Å². The molecule has 0 saturated heterocycles. The van der Waals surface area contributed by atoms with Gasteiger partial charge < -0.3 is 9.64 Å². The van der Waals surface area contributed by atoms with Gasteiger partial charge in [0.2, 0.25) is 0 Å². The van der Waals surface area contributed by atoms with Crippen molar-refractivity contribution in [1.82, 2.24) is 4.98 Å². The molecular formula is C21H17FN2O3. The highest BCUT2D eigenvalue weighted by Crippen LogP contribution is 2.22. The van der Waals surface area contributed by atoms with E-state index in [0.717, 1.165) is 6.07 Å². The monoisotopic (exact) mass is 364 g/mol. The number of rotatable bonds is 5. The molecular weight excluding hydrogens is 347 g/mol. The third-order valence-electron chi connectivity index (χ3n) is 4.04. The summed E-state index contributed by atoms with van der Waals surface area (Å²) in [6.45, 7) is 0.0124. The number of halogens is 1. The molecule has 1 amide bonds. The highest BCUT2D eigenvalue weighted by molar-refractivity contribution is 6.05. The highest BCUT2D eigenvalue weighted by atomic mass is 19.1. The molecule has 0 spiro atoms. The molecule has 5 nitrogen and oxygen atoms in total. The van der Waals surface area contributed by atoms with E-state index in [9.17, 15) is 14.0 Å². The zero-order chi connectivity index (χ0) is 19.2. The molecule has 0 aliphatic carbocycles. The van der Waals surface area contributed by atoms with E-state index in [1.807, 2.05) is 6.07 Å². The van der Waals surface area contributed by atoms with Gasteiger partial charge in [-0.1, -0.05) is 24.3 Å². The van der Waals surface area contributed by atoms with E-state index in [1.54, 1.807) is 36.4 Å². The summed E-state index contributed by atoms with van der Waals surface area (Å²) in [4.78, 5) is 29.9. The first-order valence-corrected chi connectivity index (χ1v) is 8.24. The zero-order valence-corrected chi connectivity index (χ0v) is 14.6. The van der Waals surface area contributed by atoms with Gasteiger partial charge in [-0.25, -0.2) is 9.18 Å². The lowest BCUT2D eigenvalue weighted by Gasteiger charge is -2.23. The van der Waals surface area contributed by atoms with Gasteiger partial charge in [0, 0.05) is 29.2 Å². The molecule has 0 atom stereocenters. The van der Waals surface area contributed by atoms with Gasteiger partial charge in [-0.05, 0) is 36.4 Å². The van der Waals surface area contributed by atoms with Gasteiger partial charge in [-0.2, -0.15) is 0 Å². The van der Waals surface area contributed by atoms with Gasteiger partial charge in [-0.3, -0.25) is 9.78 Å². The molecule has 0 radical (unpaired) electrons. The molecule has 0 bridgehead atoms. The molecule has 0 N–H and O–H groups in total. The number of hydrogen-bond donors (Lipinski definition) is 0. The van der Waals surface area contributed by atoms with Crippen LogP contribution in [-0.2, 0) is 11.3 Å². The summed E-state index contributed by atoms with van der Waals surface area (Å²) in [6.07, 6.45) is 3.06. The van der Waals surface area contributed by atoms with Gasteiger partial charge in [0.1, 0.15) is 5.82 Å². The number of benzene rings is 2. The third kappa shape index (κ3) is 4.17. The number of amides is 1. The van der Waals surface area contributed by atoms with Gasteiger partial charge in [0.05, 0.1) is 19.2 Å². The molecule has 0 saturated carbocycles. The van der Waals surface area contributed by atoms with Crippen molar-refractivity contribution in [3.63, 3.8) is 0 Å². The van der Waals surface area contributed by atoms with Crippen molar-refractivity contribution in [3.05, 3.63) is 95.6 Å². The fraction of sp³-hybridized carbons (Fsp3) is 0.0952. The number of para-hydroxylation sites is 1. The number of pyridine rings is 1. The minimum absolute atomic E-state index is 0.0124. The summed E-state index contributed by atoms with van der Waals surface area (Å²) in [5.74, 6) is -1.48. The number of ether oxygens (including phenoxy) is 1. The number of methoxy groups -OCH3 is 1. The Kier molecular flexibility index (Phi) is 5.56. The van der Waals surface area contributed by atoms with E-state index < -0.39 is 11.8 Å². The van der Waals surface area contributed by atoms with Crippen LogP contribution in [0.4, 0.5) is 10.1 Å². The smallest absolute Gasteiger partial charge is 0.337 e. The van der Waals surface area contributed by atoms with Crippen molar-refractivity contribution < 1.29 is 18.7 Å². The van der Waals surface area contributed by atoms with Gasteiger partial charge >= 0.3 is 5.97 Å². The maximum atomic E-state index is 14.5. The maximum absolute atomic E-state index is 14.5. The van der Waals surface area contributed by atoms with Crippen molar-refractivity contribution in [2.75, 3.05) is 12.0 Å². The Morgan fingerprint density at radius 1 is 1.00 bits per heavy atom. The molecule has 0 unspecified atom stereocenters.